The first kappa shape index (κ1) is 22.2. The molecule has 9 nitrogen and oxygen atoms in total. The molecule has 10 heteroatoms. The number of benzene rings is 1. The van der Waals surface area contributed by atoms with Gasteiger partial charge in [0.05, 0.1) is 9.82 Å². The lowest BCUT2D eigenvalue weighted by Gasteiger charge is -2.36. The zero-order valence-corrected chi connectivity index (χ0v) is 18.1. The highest BCUT2D eigenvalue weighted by Crippen LogP contribution is 2.26. The fourth-order valence-corrected chi connectivity index (χ4v) is 4.70. The average molecular weight is 438 g/mol. The molecule has 30 heavy (non-hydrogen) atoms. The predicted molar refractivity (Wildman–Crippen MR) is 110 cm³/mol. The van der Waals surface area contributed by atoms with Gasteiger partial charge in [0.1, 0.15) is 0 Å². The van der Waals surface area contributed by atoms with Crippen LogP contribution in [0.4, 0.5) is 5.69 Å². The molecular formula is C20H27N3O6S. The molecule has 0 N–H and O–H groups in total. The number of rotatable bonds is 4. The molecule has 0 radical (unpaired) electrons. The van der Waals surface area contributed by atoms with Gasteiger partial charge in [-0.3, -0.25) is 19.7 Å². The van der Waals surface area contributed by atoms with Crippen LogP contribution in [-0.4, -0.2) is 67.4 Å². The van der Waals surface area contributed by atoms with E-state index >= 15 is 0 Å². The fourth-order valence-electron chi connectivity index (χ4n) is 4.03. The zero-order chi connectivity index (χ0) is 22.1. The zero-order valence-electron chi connectivity index (χ0n) is 17.2. The third-order valence-electron chi connectivity index (χ3n) is 6.00. The topological polar surface area (TPSA) is 118 Å². The van der Waals surface area contributed by atoms with E-state index in [1.54, 1.807) is 0 Å². The summed E-state index contributed by atoms with van der Waals surface area (Å²) in [5.74, 6) is 0.199. The highest BCUT2D eigenvalue weighted by molar-refractivity contribution is 7.90. The van der Waals surface area contributed by atoms with E-state index in [-0.39, 0.29) is 22.3 Å². The molecule has 1 aromatic carbocycles. The van der Waals surface area contributed by atoms with Crippen LogP contribution >= 0.6 is 0 Å². The number of nitrogens with zero attached hydrogens (tertiary/aromatic N) is 3. The Kier molecular flexibility index (Phi) is 6.44. The second kappa shape index (κ2) is 8.71. The van der Waals surface area contributed by atoms with Crippen LogP contribution in [0.2, 0.25) is 0 Å². The van der Waals surface area contributed by atoms with Crippen molar-refractivity contribution in [3.8, 4) is 0 Å². The number of nitro benzene ring substituents is 1. The summed E-state index contributed by atoms with van der Waals surface area (Å²) in [6.07, 6.45) is 4.03. The molecule has 0 saturated carbocycles. The van der Waals surface area contributed by atoms with E-state index in [4.69, 9.17) is 0 Å². The molecule has 0 bridgehead atoms. The lowest BCUT2D eigenvalue weighted by Crippen LogP contribution is -2.46. The van der Waals surface area contributed by atoms with Gasteiger partial charge in [0, 0.05) is 56.0 Å². The molecule has 0 aromatic heterocycles. The number of carbonyl (C=O) groups is 2. The molecule has 0 spiro atoms. The minimum Gasteiger partial charge on any atom is -0.342 e. The van der Waals surface area contributed by atoms with Crippen LogP contribution in [0.1, 0.15) is 43.0 Å². The molecule has 3 rings (SSSR count). The van der Waals surface area contributed by atoms with Gasteiger partial charge in [-0.05, 0) is 37.7 Å². The standard InChI is InChI=1S/C20H27N3O6S/c1-14-3-7-21(8-4-14)19(24)15-5-9-22(10-6-15)20(25)16-11-17(23(26)27)13-18(12-16)30(2,28)29/h11-15H,3-10H2,1-2H3. The summed E-state index contributed by atoms with van der Waals surface area (Å²) in [6, 6.07) is 3.23. The van der Waals surface area contributed by atoms with E-state index in [2.05, 4.69) is 6.92 Å². The number of hydrogen-bond acceptors (Lipinski definition) is 6. The fraction of sp³-hybridized carbons (Fsp3) is 0.600. The van der Waals surface area contributed by atoms with E-state index in [9.17, 15) is 28.1 Å². The molecule has 2 fully saturated rings. The van der Waals surface area contributed by atoms with Gasteiger partial charge >= 0.3 is 0 Å². The smallest absolute Gasteiger partial charge is 0.271 e. The summed E-state index contributed by atoms with van der Waals surface area (Å²) in [7, 11) is -3.71. The molecule has 164 valence electrons. The second-order valence-electron chi connectivity index (χ2n) is 8.32. The highest BCUT2D eigenvalue weighted by atomic mass is 32.2. The summed E-state index contributed by atoms with van der Waals surface area (Å²) in [6.45, 7) is 4.46. The van der Waals surface area contributed by atoms with E-state index in [0.29, 0.717) is 31.8 Å². The summed E-state index contributed by atoms with van der Waals surface area (Å²) in [4.78, 5) is 39.3. The summed E-state index contributed by atoms with van der Waals surface area (Å²) in [5, 5.41) is 11.2. The molecular weight excluding hydrogens is 410 g/mol. The summed E-state index contributed by atoms with van der Waals surface area (Å²) >= 11 is 0. The Morgan fingerprint density at radius 2 is 1.57 bits per heavy atom. The van der Waals surface area contributed by atoms with Crippen molar-refractivity contribution in [2.45, 2.75) is 37.5 Å². The minimum atomic E-state index is -3.71. The van der Waals surface area contributed by atoms with Gasteiger partial charge in [0.25, 0.3) is 11.6 Å². The molecule has 2 aliphatic heterocycles. The van der Waals surface area contributed by atoms with Gasteiger partial charge in [-0.1, -0.05) is 6.92 Å². The Hall–Kier alpha value is -2.49. The normalized spacial score (nSPS) is 19.0. The molecule has 0 atom stereocenters. The van der Waals surface area contributed by atoms with E-state index in [1.165, 1.54) is 11.0 Å². The highest BCUT2D eigenvalue weighted by Gasteiger charge is 2.32. The third kappa shape index (κ3) is 4.97. The van der Waals surface area contributed by atoms with Crippen LogP contribution in [0.25, 0.3) is 0 Å². The van der Waals surface area contributed by atoms with Crippen LogP contribution in [0.5, 0.6) is 0 Å². The quantitative estimate of drug-likeness (QED) is 0.526. The summed E-state index contributed by atoms with van der Waals surface area (Å²) < 4.78 is 23.7. The number of non-ortho nitro benzene ring substituents is 1. The van der Waals surface area contributed by atoms with Crippen molar-refractivity contribution < 1.29 is 22.9 Å². The molecule has 2 heterocycles. The molecule has 2 saturated heterocycles. The largest absolute Gasteiger partial charge is 0.342 e. The maximum atomic E-state index is 12.9. The number of nitro groups is 1. The van der Waals surface area contributed by atoms with Crippen molar-refractivity contribution in [2.75, 3.05) is 32.4 Å². The predicted octanol–water partition coefficient (Wildman–Crippen LogP) is 2.11. The Labute approximate surface area is 176 Å². The molecule has 0 aliphatic carbocycles. The summed E-state index contributed by atoms with van der Waals surface area (Å²) in [5.41, 5.74) is -0.468. The Bertz CT molecular complexity index is 945. The molecule has 0 unspecified atom stereocenters. The SMILES string of the molecule is CC1CCN(C(=O)C2CCN(C(=O)c3cc([N+](=O)[O-])cc(S(C)(=O)=O)c3)CC2)CC1. The van der Waals surface area contributed by atoms with Crippen molar-refractivity contribution >= 4 is 27.3 Å². The van der Waals surface area contributed by atoms with E-state index in [0.717, 1.165) is 44.3 Å². The Balaban J connectivity index is 1.69. The number of piperidine rings is 2. The lowest BCUT2D eigenvalue weighted by atomic mass is 9.92. The van der Waals surface area contributed by atoms with E-state index in [1.807, 2.05) is 4.90 Å². The number of amides is 2. The number of carbonyl (C=O) groups excluding carboxylic acids is 2. The average Bonchev–Trinajstić information content (AvgIpc) is 2.72. The Morgan fingerprint density at radius 3 is 2.10 bits per heavy atom. The number of sulfone groups is 1. The van der Waals surface area contributed by atoms with Gasteiger partial charge in [-0.2, -0.15) is 0 Å². The molecule has 2 amide bonds. The van der Waals surface area contributed by atoms with Gasteiger partial charge < -0.3 is 9.80 Å². The van der Waals surface area contributed by atoms with E-state index < -0.39 is 26.4 Å². The first-order valence-electron chi connectivity index (χ1n) is 10.1. The van der Waals surface area contributed by atoms with Crippen LogP contribution in [0.3, 0.4) is 0 Å². The van der Waals surface area contributed by atoms with Crippen molar-refractivity contribution in [1.82, 2.24) is 9.80 Å². The van der Waals surface area contributed by atoms with Crippen LogP contribution in [-0.2, 0) is 14.6 Å². The molecule has 2 aliphatic rings. The van der Waals surface area contributed by atoms with Gasteiger partial charge in [0.15, 0.2) is 9.84 Å². The number of likely N-dealkylation sites (tertiary alicyclic amines) is 2. The van der Waals surface area contributed by atoms with Gasteiger partial charge in [0.2, 0.25) is 5.91 Å². The third-order valence-corrected chi connectivity index (χ3v) is 7.10. The van der Waals surface area contributed by atoms with Crippen molar-refractivity contribution in [3.63, 3.8) is 0 Å². The van der Waals surface area contributed by atoms with Crippen molar-refractivity contribution in [3.05, 3.63) is 33.9 Å². The minimum absolute atomic E-state index is 0.0283. The Morgan fingerprint density at radius 1 is 1.00 bits per heavy atom. The van der Waals surface area contributed by atoms with Crippen LogP contribution < -0.4 is 0 Å². The van der Waals surface area contributed by atoms with Crippen LogP contribution in [0.15, 0.2) is 23.1 Å². The van der Waals surface area contributed by atoms with Crippen molar-refractivity contribution in [2.24, 2.45) is 11.8 Å². The van der Waals surface area contributed by atoms with Gasteiger partial charge in [-0.15, -0.1) is 0 Å². The van der Waals surface area contributed by atoms with Crippen molar-refractivity contribution in [1.29, 1.82) is 0 Å². The number of hydrogen-bond donors (Lipinski definition) is 0. The monoisotopic (exact) mass is 437 g/mol. The first-order chi connectivity index (χ1) is 14.1. The molecule has 1 aromatic rings. The lowest BCUT2D eigenvalue weighted by molar-refractivity contribution is -0.385. The van der Waals surface area contributed by atoms with Crippen LogP contribution in [0, 0.1) is 22.0 Å². The van der Waals surface area contributed by atoms with Gasteiger partial charge in [-0.25, -0.2) is 8.42 Å². The second-order valence-corrected chi connectivity index (χ2v) is 10.3. The first-order valence-corrected chi connectivity index (χ1v) is 12.0. The maximum absolute atomic E-state index is 12.9. The maximum Gasteiger partial charge on any atom is 0.271 e.